The number of furan rings is 2. The van der Waals surface area contributed by atoms with Crippen LogP contribution in [0.5, 0.6) is 0 Å². The second kappa shape index (κ2) is 8.96. The van der Waals surface area contributed by atoms with Gasteiger partial charge >= 0.3 is 0 Å². The first-order valence-electron chi connectivity index (χ1n) is 14.8. The van der Waals surface area contributed by atoms with Crippen LogP contribution in [0.4, 0.5) is 17.1 Å². The van der Waals surface area contributed by atoms with Gasteiger partial charge in [0.1, 0.15) is 11.2 Å². The number of thiophene rings is 1. The molecule has 7 aromatic carbocycles. The third kappa shape index (κ3) is 3.26. The quantitative estimate of drug-likeness (QED) is 0.208. The van der Waals surface area contributed by atoms with Crippen molar-refractivity contribution in [1.82, 2.24) is 0 Å². The number of hydrogen-bond acceptors (Lipinski definition) is 4. The standard InChI is InChI=1S/C40H23NO2S/c1-2-11-25-24(10-1)22-23-29-28-15-8-18-33(40(28)43-38(25)29)41(31-16-9-21-36-37(31)30-13-4-6-20-35(30)44-36)32-17-7-14-27-26-12-3-5-19-34(26)42-39(27)32/h1-23H. The molecule has 3 aromatic heterocycles. The normalized spacial score (nSPS) is 12.1. The molecule has 3 nitrogen and oxygen atoms in total. The minimum Gasteiger partial charge on any atom is -0.454 e. The number of nitrogens with zero attached hydrogens (tertiary/aromatic N) is 1. The first-order valence-corrected chi connectivity index (χ1v) is 15.6. The van der Waals surface area contributed by atoms with Crippen LogP contribution in [0.1, 0.15) is 0 Å². The Labute approximate surface area is 255 Å². The predicted molar refractivity (Wildman–Crippen MR) is 186 cm³/mol. The Hall–Kier alpha value is -5.58. The van der Waals surface area contributed by atoms with Crippen molar-refractivity contribution >= 4 is 103 Å². The average molecular weight is 582 g/mol. The highest BCUT2D eigenvalue weighted by Gasteiger charge is 2.25. The van der Waals surface area contributed by atoms with Crippen LogP contribution in [0.15, 0.2) is 148 Å². The van der Waals surface area contributed by atoms with Gasteiger partial charge < -0.3 is 13.7 Å². The van der Waals surface area contributed by atoms with Crippen LogP contribution in [0.25, 0.3) is 74.8 Å². The average Bonchev–Trinajstić information content (AvgIpc) is 3.77. The summed E-state index contributed by atoms with van der Waals surface area (Å²) in [5, 5.41) is 9.15. The molecule has 3 heterocycles. The molecule has 0 unspecified atom stereocenters. The molecule has 0 aliphatic rings. The van der Waals surface area contributed by atoms with E-state index in [-0.39, 0.29) is 0 Å². The minimum atomic E-state index is 0.850. The zero-order valence-electron chi connectivity index (χ0n) is 23.5. The zero-order chi connectivity index (χ0) is 28.8. The lowest BCUT2D eigenvalue weighted by Gasteiger charge is -2.26. The molecule has 10 rings (SSSR count). The van der Waals surface area contributed by atoms with Crippen LogP contribution < -0.4 is 4.90 Å². The van der Waals surface area contributed by atoms with Crippen LogP contribution in [0.3, 0.4) is 0 Å². The van der Waals surface area contributed by atoms with Gasteiger partial charge in [-0.05, 0) is 47.9 Å². The fraction of sp³-hybridized carbons (Fsp3) is 0. The number of hydrogen-bond donors (Lipinski definition) is 0. The third-order valence-electron chi connectivity index (χ3n) is 8.85. The van der Waals surface area contributed by atoms with Gasteiger partial charge in [0.2, 0.25) is 0 Å². The molecular weight excluding hydrogens is 559 g/mol. The summed E-state index contributed by atoms with van der Waals surface area (Å²) >= 11 is 1.83. The summed E-state index contributed by atoms with van der Waals surface area (Å²) in [6.07, 6.45) is 0. The fourth-order valence-corrected chi connectivity index (χ4v) is 8.05. The van der Waals surface area contributed by atoms with Gasteiger partial charge in [-0.2, -0.15) is 0 Å². The first-order chi connectivity index (χ1) is 21.8. The van der Waals surface area contributed by atoms with Crippen LogP contribution >= 0.6 is 11.3 Å². The topological polar surface area (TPSA) is 29.5 Å². The summed E-state index contributed by atoms with van der Waals surface area (Å²) in [7, 11) is 0. The van der Waals surface area contributed by atoms with Crippen molar-refractivity contribution in [3.05, 3.63) is 140 Å². The molecule has 10 aromatic rings. The summed E-state index contributed by atoms with van der Waals surface area (Å²) in [6.45, 7) is 0. The van der Waals surface area contributed by atoms with Crippen molar-refractivity contribution < 1.29 is 8.83 Å². The van der Waals surface area contributed by atoms with E-state index in [9.17, 15) is 0 Å². The fourth-order valence-electron chi connectivity index (χ4n) is 6.93. The highest BCUT2D eigenvalue weighted by atomic mass is 32.1. The Morgan fingerprint density at radius 2 is 0.977 bits per heavy atom. The Kier molecular flexibility index (Phi) is 4.87. The maximum Gasteiger partial charge on any atom is 0.159 e. The Morgan fingerprint density at radius 3 is 1.84 bits per heavy atom. The van der Waals surface area contributed by atoms with Gasteiger partial charge in [0.05, 0.1) is 17.1 Å². The molecule has 0 fully saturated rings. The van der Waals surface area contributed by atoms with E-state index in [4.69, 9.17) is 8.83 Å². The molecule has 0 aliphatic heterocycles. The minimum absolute atomic E-state index is 0.850. The van der Waals surface area contributed by atoms with E-state index in [0.717, 1.165) is 66.3 Å². The van der Waals surface area contributed by atoms with Crippen molar-refractivity contribution in [1.29, 1.82) is 0 Å². The summed E-state index contributed by atoms with van der Waals surface area (Å²) in [5.41, 5.74) is 6.52. The predicted octanol–water partition coefficient (Wildman–Crippen LogP) is 12.5. The molecule has 0 spiro atoms. The largest absolute Gasteiger partial charge is 0.454 e. The van der Waals surface area contributed by atoms with E-state index in [1.807, 2.05) is 23.5 Å². The Bertz CT molecular complexity index is 2750. The molecule has 206 valence electrons. The van der Waals surface area contributed by atoms with Crippen molar-refractivity contribution in [3.8, 4) is 0 Å². The lowest BCUT2D eigenvalue weighted by Crippen LogP contribution is -2.11. The van der Waals surface area contributed by atoms with Crippen molar-refractivity contribution in [2.45, 2.75) is 0 Å². The highest BCUT2D eigenvalue weighted by Crippen LogP contribution is 2.50. The van der Waals surface area contributed by atoms with E-state index in [2.05, 4.69) is 132 Å². The van der Waals surface area contributed by atoms with Gasteiger partial charge in [0.15, 0.2) is 11.2 Å². The van der Waals surface area contributed by atoms with E-state index in [1.54, 1.807) is 0 Å². The second-order valence-corrected chi connectivity index (χ2v) is 12.3. The maximum absolute atomic E-state index is 6.90. The molecule has 44 heavy (non-hydrogen) atoms. The molecule has 0 saturated carbocycles. The molecule has 0 aliphatic carbocycles. The first kappa shape index (κ1) is 23.9. The number of fused-ring (bicyclic) bond motifs is 11. The molecule has 0 N–H and O–H groups in total. The number of para-hydroxylation sites is 3. The van der Waals surface area contributed by atoms with Crippen molar-refractivity contribution in [3.63, 3.8) is 0 Å². The number of rotatable bonds is 3. The summed E-state index contributed by atoms with van der Waals surface area (Å²) < 4.78 is 16.1. The Balaban J connectivity index is 1.36. The van der Waals surface area contributed by atoms with Crippen molar-refractivity contribution in [2.24, 2.45) is 0 Å². The van der Waals surface area contributed by atoms with Gasteiger partial charge in [-0.1, -0.05) is 97.1 Å². The van der Waals surface area contributed by atoms with Gasteiger partial charge in [-0.25, -0.2) is 0 Å². The van der Waals surface area contributed by atoms with Crippen LogP contribution in [-0.2, 0) is 0 Å². The van der Waals surface area contributed by atoms with Crippen LogP contribution in [-0.4, -0.2) is 0 Å². The van der Waals surface area contributed by atoms with E-state index in [1.165, 1.54) is 25.6 Å². The van der Waals surface area contributed by atoms with Crippen LogP contribution in [0.2, 0.25) is 0 Å². The smallest absolute Gasteiger partial charge is 0.159 e. The number of anilines is 3. The molecule has 0 bridgehead atoms. The molecular formula is C40H23NO2S. The second-order valence-electron chi connectivity index (χ2n) is 11.3. The lowest BCUT2D eigenvalue weighted by atomic mass is 10.0. The van der Waals surface area contributed by atoms with Gasteiger partial charge in [-0.3, -0.25) is 0 Å². The maximum atomic E-state index is 6.90. The molecule has 0 amide bonds. The monoisotopic (exact) mass is 581 g/mol. The van der Waals surface area contributed by atoms with Gasteiger partial charge in [0, 0.05) is 47.1 Å². The number of benzene rings is 7. The molecule has 0 atom stereocenters. The zero-order valence-corrected chi connectivity index (χ0v) is 24.3. The van der Waals surface area contributed by atoms with E-state index < -0.39 is 0 Å². The lowest BCUT2D eigenvalue weighted by molar-refractivity contribution is 0.667. The summed E-state index contributed by atoms with van der Waals surface area (Å²) in [6, 6.07) is 49.3. The summed E-state index contributed by atoms with van der Waals surface area (Å²) in [4.78, 5) is 2.35. The molecule has 4 heteroatoms. The molecule has 0 radical (unpaired) electrons. The highest BCUT2D eigenvalue weighted by molar-refractivity contribution is 7.26. The SMILES string of the molecule is c1ccc2c(c1)ccc1c3cccc(N(c4cccc5c4oc4ccccc45)c4cccc5sc6ccccc6c45)c3oc21. The molecule has 0 saturated heterocycles. The van der Waals surface area contributed by atoms with Crippen LogP contribution in [0, 0.1) is 0 Å². The summed E-state index contributed by atoms with van der Waals surface area (Å²) in [5.74, 6) is 0. The van der Waals surface area contributed by atoms with Crippen molar-refractivity contribution in [2.75, 3.05) is 4.90 Å². The van der Waals surface area contributed by atoms with E-state index in [0.29, 0.717) is 0 Å². The van der Waals surface area contributed by atoms with E-state index >= 15 is 0 Å². The third-order valence-corrected chi connectivity index (χ3v) is 9.99. The van der Waals surface area contributed by atoms with Gasteiger partial charge in [-0.15, -0.1) is 11.3 Å². The Morgan fingerprint density at radius 1 is 0.386 bits per heavy atom. The van der Waals surface area contributed by atoms with Gasteiger partial charge in [0.25, 0.3) is 0 Å².